The average molecular weight is 300 g/mol. The Kier molecular flexibility index (Phi) is 4.09. The second-order valence-corrected chi connectivity index (χ2v) is 4.72. The highest BCUT2D eigenvalue weighted by atomic mass is 79.9. The van der Waals surface area contributed by atoms with Crippen molar-refractivity contribution in [2.45, 2.75) is 12.1 Å². The number of rotatable bonds is 3. The summed E-state index contributed by atoms with van der Waals surface area (Å²) < 4.78 is 5.98. The predicted molar refractivity (Wildman–Crippen MR) is 66.9 cm³/mol. The maximum atomic E-state index is 12.0. The van der Waals surface area contributed by atoms with Crippen LogP contribution >= 0.6 is 15.9 Å². The third-order valence-electron chi connectivity index (χ3n) is 2.79. The first-order valence-corrected chi connectivity index (χ1v) is 6.15. The molecule has 2 rings (SSSR count). The minimum atomic E-state index is -0.116. The Morgan fingerprint density at radius 3 is 3.18 bits per heavy atom. The van der Waals surface area contributed by atoms with Crippen molar-refractivity contribution < 1.29 is 9.53 Å². The van der Waals surface area contributed by atoms with Crippen LogP contribution in [0.3, 0.4) is 0 Å². The standard InChI is InChI=1S/C11H14BrN3O2/c1-17-10-6-14-5-9(10)15-11(16)7-2-3-13-4-8(7)12/h2-4,9-10,14H,5-6H2,1H3,(H,15,16)/t9?,10-/m0/s1. The molecule has 92 valence electrons. The molecule has 0 radical (unpaired) electrons. The van der Waals surface area contributed by atoms with Gasteiger partial charge in [-0.3, -0.25) is 9.78 Å². The quantitative estimate of drug-likeness (QED) is 0.856. The monoisotopic (exact) mass is 299 g/mol. The van der Waals surface area contributed by atoms with E-state index >= 15 is 0 Å². The zero-order valence-corrected chi connectivity index (χ0v) is 11.0. The second kappa shape index (κ2) is 5.57. The minimum Gasteiger partial charge on any atom is -0.378 e. The van der Waals surface area contributed by atoms with Gasteiger partial charge in [-0.1, -0.05) is 0 Å². The van der Waals surface area contributed by atoms with Crippen molar-refractivity contribution in [1.29, 1.82) is 0 Å². The number of halogens is 1. The fraction of sp³-hybridized carbons (Fsp3) is 0.455. The van der Waals surface area contributed by atoms with Gasteiger partial charge in [0, 0.05) is 37.1 Å². The molecular weight excluding hydrogens is 286 g/mol. The van der Waals surface area contributed by atoms with Gasteiger partial charge >= 0.3 is 0 Å². The molecule has 1 amide bonds. The first kappa shape index (κ1) is 12.5. The molecule has 1 unspecified atom stereocenters. The third kappa shape index (κ3) is 2.83. The smallest absolute Gasteiger partial charge is 0.252 e. The summed E-state index contributed by atoms with van der Waals surface area (Å²) in [5, 5.41) is 6.13. The number of aromatic nitrogens is 1. The molecule has 17 heavy (non-hydrogen) atoms. The fourth-order valence-corrected chi connectivity index (χ4v) is 2.28. The molecule has 1 aliphatic rings. The van der Waals surface area contributed by atoms with Crippen LogP contribution in [0.1, 0.15) is 10.4 Å². The number of hydrogen-bond acceptors (Lipinski definition) is 4. The molecule has 1 aromatic heterocycles. The van der Waals surface area contributed by atoms with E-state index in [0.717, 1.165) is 13.1 Å². The van der Waals surface area contributed by atoms with Crippen molar-refractivity contribution in [3.05, 3.63) is 28.5 Å². The van der Waals surface area contributed by atoms with E-state index in [-0.39, 0.29) is 18.1 Å². The number of nitrogens with one attached hydrogen (secondary N) is 2. The second-order valence-electron chi connectivity index (χ2n) is 3.87. The Hall–Kier alpha value is -0.980. The number of pyridine rings is 1. The van der Waals surface area contributed by atoms with Crippen LogP contribution in [0.2, 0.25) is 0 Å². The van der Waals surface area contributed by atoms with Crippen LogP contribution < -0.4 is 10.6 Å². The summed E-state index contributed by atoms with van der Waals surface area (Å²) in [5.74, 6) is -0.116. The molecule has 6 heteroatoms. The van der Waals surface area contributed by atoms with Crippen LogP contribution in [-0.4, -0.2) is 43.2 Å². The molecule has 1 aromatic rings. The van der Waals surface area contributed by atoms with E-state index in [4.69, 9.17) is 4.74 Å². The van der Waals surface area contributed by atoms with E-state index in [1.807, 2.05) is 0 Å². The summed E-state index contributed by atoms with van der Waals surface area (Å²) in [6, 6.07) is 1.69. The van der Waals surface area contributed by atoms with Crippen molar-refractivity contribution in [1.82, 2.24) is 15.6 Å². The normalized spacial score (nSPS) is 23.6. The lowest BCUT2D eigenvalue weighted by atomic mass is 10.2. The topological polar surface area (TPSA) is 63.2 Å². The predicted octanol–water partition coefficient (Wildman–Crippen LogP) is 0.561. The first-order chi connectivity index (χ1) is 8.22. The third-order valence-corrected chi connectivity index (χ3v) is 3.43. The van der Waals surface area contributed by atoms with Crippen molar-refractivity contribution in [2.24, 2.45) is 0 Å². The number of nitrogens with zero attached hydrogens (tertiary/aromatic N) is 1. The van der Waals surface area contributed by atoms with Gasteiger partial charge in [0.1, 0.15) is 0 Å². The van der Waals surface area contributed by atoms with Gasteiger partial charge in [0.05, 0.1) is 17.7 Å². The molecule has 0 spiro atoms. The Labute approximate surface area is 108 Å². The molecule has 2 N–H and O–H groups in total. The van der Waals surface area contributed by atoms with Gasteiger partial charge in [0.15, 0.2) is 0 Å². The Morgan fingerprint density at radius 1 is 1.65 bits per heavy atom. The molecule has 0 saturated carbocycles. The largest absolute Gasteiger partial charge is 0.378 e. The summed E-state index contributed by atoms with van der Waals surface area (Å²) in [5.41, 5.74) is 0.585. The van der Waals surface area contributed by atoms with E-state index in [1.54, 1.807) is 25.6 Å². The van der Waals surface area contributed by atoms with E-state index in [2.05, 4.69) is 31.5 Å². The van der Waals surface area contributed by atoms with Crippen molar-refractivity contribution >= 4 is 21.8 Å². The maximum Gasteiger partial charge on any atom is 0.252 e. The highest BCUT2D eigenvalue weighted by Crippen LogP contribution is 2.15. The van der Waals surface area contributed by atoms with Crippen LogP contribution in [0, 0.1) is 0 Å². The molecule has 1 saturated heterocycles. The molecule has 1 fully saturated rings. The zero-order valence-electron chi connectivity index (χ0n) is 9.44. The minimum absolute atomic E-state index is 0.00700. The van der Waals surface area contributed by atoms with Gasteiger partial charge in [0.2, 0.25) is 0 Å². The van der Waals surface area contributed by atoms with Gasteiger partial charge in [-0.15, -0.1) is 0 Å². The van der Waals surface area contributed by atoms with Crippen molar-refractivity contribution in [3.63, 3.8) is 0 Å². The van der Waals surface area contributed by atoms with Gasteiger partial charge in [0.25, 0.3) is 5.91 Å². The van der Waals surface area contributed by atoms with Crippen molar-refractivity contribution in [2.75, 3.05) is 20.2 Å². The average Bonchev–Trinajstić information content (AvgIpc) is 2.76. The van der Waals surface area contributed by atoms with Crippen molar-refractivity contribution in [3.8, 4) is 0 Å². The van der Waals surface area contributed by atoms with Crippen LogP contribution in [0.15, 0.2) is 22.9 Å². The summed E-state index contributed by atoms with van der Waals surface area (Å²) >= 11 is 3.31. The number of carbonyl (C=O) groups is 1. The summed E-state index contributed by atoms with van der Waals surface area (Å²) in [4.78, 5) is 16.0. The highest BCUT2D eigenvalue weighted by Gasteiger charge is 2.28. The Bertz CT molecular complexity index is 413. The summed E-state index contributed by atoms with van der Waals surface area (Å²) in [6.07, 6.45) is 3.23. The van der Waals surface area contributed by atoms with E-state index < -0.39 is 0 Å². The van der Waals surface area contributed by atoms with Crippen LogP contribution in [0.5, 0.6) is 0 Å². The Balaban J connectivity index is 2.04. The number of ether oxygens (including phenoxy) is 1. The lowest BCUT2D eigenvalue weighted by molar-refractivity contribution is 0.0779. The molecule has 1 aliphatic heterocycles. The van der Waals surface area contributed by atoms with Gasteiger partial charge < -0.3 is 15.4 Å². The molecule has 0 aromatic carbocycles. The molecular formula is C11H14BrN3O2. The highest BCUT2D eigenvalue weighted by molar-refractivity contribution is 9.10. The van der Waals surface area contributed by atoms with E-state index in [0.29, 0.717) is 10.0 Å². The van der Waals surface area contributed by atoms with E-state index in [9.17, 15) is 4.79 Å². The first-order valence-electron chi connectivity index (χ1n) is 5.36. The number of carbonyl (C=O) groups excluding carboxylic acids is 1. The molecule has 0 bridgehead atoms. The Morgan fingerprint density at radius 2 is 2.47 bits per heavy atom. The lowest BCUT2D eigenvalue weighted by Crippen LogP contribution is -2.43. The van der Waals surface area contributed by atoms with Gasteiger partial charge in [-0.2, -0.15) is 0 Å². The summed E-state index contributed by atoms with van der Waals surface area (Å²) in [7, 11) is 1.65. The summed E-state index contributed by atoms with van der Waals surface area (Å²) in [6.45, 7) is 1.49. The van der Waals surface area contributed by atoms with Crippen LogP contribution in [0.4, 0.5) is 0 Å². The maximum absolute atomic E-state index is 12.0. The molecule has 2 heterocycles. The van der Waals surface area contributed by atoms with Crippen LogP contribution in [-0.2, 0) is 4.74 Å². The fourth-order valence-electron chi connectivity index (χ4n) is 1.85. The SMILES string of the molecule is CO[C@H]1CNCC1NC(=O)c1ccncc1Br. The van der Waals surface area contributed by atoms with Gasteiger partial charge in [-0.25, -0.2) is 0 Å². The molecule has 2 atom stereocenters. The molecule has 5 nitrogen and oxygen atoms in total. The number of amides is 1. The molecule has 0 aliphatic carbocycles. The number of hydrogen-bond donors (Lipinski definition) is 2. The van der Waals surface area contributed by atoms with E-state index in [1.165, 1.54) is 0 Å². The van der Waals surface area contributed by atoms with Gasteiger partial charge in [-0.05, 0) is 22.0 Å². The zero-order chi connectivity index (χ0) is 12.3. The van der Waals surface area contributed by atoms with Crippen LogP contribution in [0.25, 0.3) is 0 Å². The number of methoxy groups -OCH3 is 1. The lowest BCUT2D eigenvalue weighted by Gasteiger charge is -2.18.